The predicted octanol–water partition coefficient (Wildman–Crippen LogP) is 1.71. The Balaban J connectivity index is 2.55. The van der Waals surface area contributed by atoms with Gasteiger partial charge >= 0.3 is 0 Å². The van der Waals surface area contributed by atoms with E-state index in [-0.39, 0.29) is 5.75 Å². The number of hydrogen-bond acceptors (Lipinski definition) is 4. The Morgan fingerprint density at radius 2 is 2.33 bits per heavy atom. The fourth-order valence-corrected chi connectivity index (χ4v) is 1.41. The van der Waals surface area contributed by atoms with E-state index < -0.39 is 0 Å². The van der Waals surface area contributed by atoms with Crippen LogP contribution in [0.25, 0.3) is 11.4 Å². The molecular weight excluding hydrogens is 172 g/mol. The van der Waals surface area contributed by atoms with Crippen LogP contribution in [0.1, 0.15) is 0 Å². The fourth-order valence-electron chi connectivity index (χ4n) is 0.874. The molecule has 0 atom stereocenters. The average molecular weight is 177 g/mol. The van der Waals surface area contributed by atoms with Gasteiger partial charge in [-0.2, -0.15) is 0 Å². The summed E-state index contributed by atoms with van der Waals surface area (Å²) in [6.45, 7) is 0. The number of pyridine rings is 1. The van der Waals surface area contributed by atoms with Gasteiger partial charge in [-0.05, 0) is 6.07 Å². The van der Waals surface area contributed by atoms with Crippen LogP contribution in [0.5, 0.6) is 5.75 Å². The van der Waals surface area contributed by atoms with Crippen LogP contribution in [0, 0.1) is 6.07 Å². The first-order chi connectivity index (χ1) is 5.88. The molecular formula is C8H5N2OS. The van der Waals surface area contributed by atoms with Crippen LogP contribution < -0.4 is 0 Å². The molecule has 0 aliphatic heterocycles. The molecule has 0 fully saturated rings. The summed E-state index contributed by atoms with van der Waals surface area (Å²) in [6.07, 6.45) is 1.58. The van der Waals surface area contributed by atoms with Crippen LogP contribution in [0.3, 0.4) is 0 Å². The van der Waals surface area contributed by atoms with E-state index in [1.165, 1.54) is 11.3 Å². The van der Waals surface area contributed by atoms with E-state index in [4.69, 9.17) is 0 Å². The fraction of sp³-hybridized carbons (Fsp3) is 0. The van der Waals surface area contributed by atoms with Gasteiger partial charge in [-0.25, -0.2) is 4.98 Å². The van der Waals surface area contributed by atoms with Gasteiger partial charge in [0.1, 0.15) is 11.4 Å². The first-order valence-corrected chi connectivity index (χ1v) is 4.26. The molecule has 0 bridgehead atoms. The molecule has 0 spiro atoms. The van der Waals surface area contributed by atoms with E-state index in [1.54, 1.807) is 17.8 Å². The van der Waals surface area contributed by atoms with Crippen molar-refractivity contribution < 1.29 is 5.11 Å². The summed E-state index contributed by atoms with van der Waals surface area (Å²) < 4.78 is 0. The number of nitrogens with zero attached hydrogens (tertiary/aromatic N) is 2. The van der Waals surface area contributed by atoms with Crippen LogP contribution in [0.2, 0.25) is 0 Å². The van der Waals surface area contributed by atoms with E-state index in [1.807, 2.05) is 5.38 Å². The third-order valence-corrected chi connectivity index (χ3v) is 1.98. The number of thiazole rings is 1. The molecule has 0 saturated carbocycles. The highest BCUT2D eigenvalue weighted by Crippen LogP contribution is 2.24. The van der Waals surface area contributed by atoms with Gasteiger partial charge in [0, 0.05) is 17.6 Å². The SMILES string of the molecule is Oc1[c]ccnc1-c1cscn1. The van der Waals surface area contributed by atoms with Gasteiger partial charge in [0.15, 0.2) is 5.75 Å². The van der Waals surface area contributed by atoms with E-state index >= 15 is 0 Å². The Morgan fingerprint density at radius 3 is 3.00 bits per heavy atom. The molecule has 2 rings (SSSR count). The highest BCUT2D eigenvalue weighted by molar-refractivity contribution is 7.07. The highest BCUT2D eigenvalue weighted by Gasteiger charge is 2.05. The van der Waals surface area contributed by atoms with Crippen molar-refractivity contribution >= 4 is 11.3 Å². The molecule has 0 unspecified atom stereocenters. The van der Waals surface area contributed by atoms with Crippen LogP contribution in [-0.2, 0) is 0 Å². The van der Waals surface area contributed by atoms with E-state index in [0.29, 0.717) is 11.4 Å². The summed E-state index contributed by atoms with van der Waals surface area (Å²) in [5, 5.41) is 11.2. The zero-order valence-electron chi connectivity index (χ0n) is 6.06. The van der Waals surface area contributed by atoms with Crippen LogP contribution in [-0.4, -0.2) is 15.1 Å². The summed E-state index contributed by atoms with van der Waals surface area (Å²) in [7, 11) is 0. The number of aromatic hydroxyl groups is 1. The number of hydrogen-bond donors (Lipinski definition) is 1. The van der Waals surface area contributed by atoms with E-state index in [0.717, 1.165) is 0 Å². The standard InChI is InChI=1S/C8H5N2OS/c11-7-2-1-3-9-8(7)6-4-12-5-10-6/h1,3-5,11H. The van der Waals surface area contributed by atoms with Gasteiger partial charge in [0.05, 0.1) is 5.51 Å². The second-order valence-electron chi connectivity index (χ2n) is 2.16. The molecule has 0 aromatic carbocycles. The van der Waals surface area contributed by atoms with Crippen LogP contribution >= 0.6 is 11.3 Å². The van der Waals surface area contributed by atoms with Crippen LogP contribution in [0.4, 0.5) is 0 Å². The molecule has 2 aromatic rings. The van der Waals surface area contributed by atoms with Crippen molar-refractivity contribution in [2.75, 3.05) is 0 Å². The van der Waals surface area contributed by atoms with Crippen molar-refractivity contribution in [3.05, 3.63) is 29.2 Å². The topological polar surface area (TPSA) is 46.0 Å². The normalized spacial score (nSPS) is 10.0. The second-order valence-corrected chi connectivity index (χ2v) is 2.88. The minimum absolute atomic E-state index is 0.0448. The van der Waals surface area contributed by atoms with Crippen molar-refractivity contribution in [2.24, 2.45) is 0 Å². The van der Waals surface area contributed by atoms with Crippen molar-refractivity contribution in [3.63, 3.8) is 0 Å². The third-order valence-electron chi connectivity index (χ3n) is 1.40. The molecule has 12 heavy (non-hydrogen) atoms. The summed E-state index contributed by atoms with van der Waals surface area (Å²) in [5.41, 5.74) is 2.87. The molecule has 0 saturated heterocycles. The second kappa shape index (κ2) is 2.91. The molecule has 4 heteroatoms. The largest absolute Gasteiger partial charge is 0.505 e. The Bertz CT molecular complexity index is 372. The molecule has 0 aliphatic carbocycles. The molecule has 1 N–H and O–H groups in total. The lowest BCUT2D eigenvalue weighted by Crippen LogP contribution is -1.82. The lowest BCUT2D eigenvalue weighted by molar-refractivity contribution is 0.473. The predicted molar refractivity (Wildman–Crippen MR) is 45.8 cm³/mol. The average Bonchev–Trinajstić information content (AvgIpc) is 2.57. The smallest absolute Gasteiger partial charge is 0.151 e. The van der Waals surface area contributed by atoms with Gasteiger partial charge in [0.2, 0.25) is 0 Å². The zero-order chi connectivity index (χ0) is 8.39. The summed E-state index contributed by atoms with van der Waals surface area (Å²) in [6, 6.07) is 4.21. The van der Waals surface area contributed by atoms with Gasteiger partial charge in [0.25, 0.3) is 0 Å². The van der Waals surface area contributed by atoms with Gasteiger partial charge < -0.3 is 5.11 Å². The molecule has 59 valence electrons. The summed E-state index contributed by atoms with van der Waals surface area (Å²) in [5.74, 6) is 0.0448. The Kier molecular flexibility index (Phi) is 1.75. The molecule has 0 aliphatic rings. The van der Waals surface area contributed by atoms with Crippen molar-refractivity contribution in [1.29, 1.82) is 0 Å². The molecule has 2 aromatic heterocycles. The van der Waals surface area contributed by atoms with Crippen LogP contribution in [0.15, 0.2) is 23.2 Å². The summed E-state index contributed by atoms with van der Waals surface area (Å²) in [4.78, 5) is 8.01. The minimum Gasteiger partial charge on any atom is -0.505 e. The van der Waals surface area contributed by atoms with Gasteiger partial charge in [-0.1, -0.05) is 0 Å². The minimum atomic E-state index is 0.0448. The first-order valence-electron chi connectivity index (χ1n) is 3.32. The molecule has 1 radical (unpaired) electrons. The lowest BCUT2D eigenvalue weighted by atomic mass is 10.3. The first kappa shape index (κ1) is 7.24. The summed E-state index contributed by atoms with van der Waals surface area (Å²) >= 11 is 1.47. The molecule has 3 nitrogen and oxygen atoms in total. The monoisotopic (exact) mass is 177 g/mol. The van der Waals surface area contributed by atoms with Crippen molar-refractivity contribution in [3.8, 4) is 17.1 Å². The number of aromatic nitrogens is 2. The maximum Gasteiger partial charge on any atom is 0.151 e. The number of rotatable bonds is 1. The highest BCUT2D eigenvalue weighted by atomic mass is 32.1. The molecule has 0 amide bonds. The zero-order valence-corrected chi connectivity index (χ0v) is 6.88. The van der Waals surface area contributed by atoms with Crippen molar-refractivity contribution in [2.45, 2.75) is 0 Å². The van der Waals surface area contributed by atoms with E-state index in [2.05, 4.69) is 16.0 Å². The maximum absolute atomic E-state index is 9.33. The Hall–Kier alpha value is -1.42. The maximum atomic E-state index is 9.33. The quantitative estimate of drug-likeness (QED) is 0.721. The van der Waals surface area contributed by atoms with Crippen molar-refractivity contribution in [1.82, 2.24) is 9.97 Å². The van der Waals surface area contributed by atoms with Gasteiger partial charge in [-0.3, -0.25) is 4.98 Å². The Morgan fingerprint density at radius 1 is 1.42 bits per heavy atom. The van der Waals surface area contributed by atoms with E-state index in [9.17, 15) is 5.11 Å². The molecule has 2 heterocycles. The van der Waals surface area contributed by atoms with Gasteiger partial charge in [-0.15, -0.1) is 11.3 Å². The Labute approximate surface area is 73.4 Å². The third kappa shape index (κ3) is 1.16. The lowest BCUT2D eigenvalue weighted by Gasteiger charge is -1.96.